The van der Waals surface area contributed by atoms with Crippen LogP contribution in [0.3, 0.4) is 0 Å². The zero-order valence-corrected chi connectivity index (χ0v) is 10.4. The second-order valence-electron chi connectivity index (χ2n) is 3.60. The van der Waals surface area contributed by atoms with Gasteiger partial charge in [0.2, 0.25) is 0 Å². The molecule has 0 radical (unpaired) electrons. The summed E-state index contributed by atoms with van der Waals surface area (Å²) in [5.41, 5.74) is 0.683. The Labute approximate surface area is 105 Å². The molecule has 5 heteroatoms. The minimum atomic E-state index is -0.506. The third-order valence-corrected chi connectivity index (χ3v) is 2.45. The zero-order valence-electron chi connectivity index (χ0n) is 10.4. The van der Waals surface area contributed by atoms with Crippen LogP contribution in [0.4, 0.5) is 0 Å². The van der Waals surface area contributed by atoms with E-state index in [-0.39, 0.29) is 30.8 Å². The molecule has 0 heterocycles. The molecular weight excluding hydrogens is 236 g/mol. The van der Waals surface area contributed by atoms with Gasteiger partial charge in [0.25, 0.3) is 0 Å². The molecule has 0 aromatic heterocycles. The van der Waals surface area contributed by atoms with Crippen molar-refractivity contribution < 1.29 is 24.2 Å². The number of phenolic OH excluding ortho intramolecular Hbond substituents is 1. The van der Waals surface area contributed by atoms with E-state index < -0.39 is 11.9 Å². The summed E-state index contributed by atoms with van der Waals surface area (Å²) in [6.45, 7) is 1.96. The second kappa shape index (κ2) is 6.64. The number of carbonyl (C=O) groups excluding carboxylic acids is 2. The summed E-state index contributed by atoms with van der Waals surface area (Å²) in [6, 6.07) is 4.59. The van der Waals surface area contributed by atoms with Crippen molar-refractivity contribution in [1.29, 1.82) is 0 Å². The van der Waals surface area contributed by atoms with Gasteiger partial charge in [0.05, 0.1) is 19.3 Å². The van der Waals surface area contributed by atoms with E-state index in [1.165, 1.54) is 13.2 Å². The molecule has 0 bridgehead atoms. The lowest BCUT2D eigenvalue weighted by molar-refractivity contribution is -0.140. The lowest BCUT2D eigenvalue weighted by Crippen LogP contribution is -2.10. The molecule has 1 aromatic carbocycles. The molecule has 0 aliphatic heterocycles. The first-order valence-corrected chi connectivity index (χ1v) is 5.65. The van der Waals surface area contributed by atoms with Crippen molar-refractivity contribution in [3.05, 3.63) is 29.3 Å². The highest BCUT2D eigenvalue weighted by Gasteiger charge is 2.16. The molecule has 98 valence electrons. The molecule has 5 nitrogen and oxygen atoms in total. The van der Waals surface area contributed by atoms with E-state index in [0.717, 1.165) is 0 Å². The van der Waals surface area contributed by atoms with E-state index in [2.05, 4.69) is 4.74 Å². The minimum Gasteiger partial charge on any atom is -0.508 e. The third kappa shape index (κ3) is 3.48. The van der Waals surface area contributed by atoms with Crippen molar-refractivity contribution in [2.24, 2.45) is 0 Å². The number of benzene rings is 1. The molecule has 0 saturated heterocycles. The van der Waals surface area contributed by atoms with Crippen molar-refractivity contribution in [3.8, 4) is 5.75 Å². The third-order valence-electron chi connectivity index (χ3n) is 2.45. The molecule has 0 atom stereocenters. The number of methoxy groups -OCH3 is 1. The van der Waals surface area contributed by atoms with Crippen molar-refractivity contribution in [3.63, 3.8) is 0 Å². The van der Waals surface area contributed by atoms with E-state index in [1.807, 2.05) is 0 Å². The Balaban J connectivity index is 2.93. The topological polar surface area (TPSA) is 72.8 Å². The van der Waals surface area contributed by atoms with E-state index >= 15 is 0 Å². The van der Waals surface area contributed by atoms with E-state index in [0.29, 0.717) is 5.56 Å². The number of ether oxygens (including phenoxy) is 2. The van der Waals surface area contributed by atoms with Gasteiger partial charge in [0.15, 0.2) is 0 Å². The Kier molecular flexibility index (Phi) is 5.17. The first-order valence-electron chi connectivity index (χ1n) is 5.65. The van der Waals surface area contributed by atoms with Gasteiger partial charge in [0.1, 0.15) is 5.75 Å². The highest BCUT2D eigenvalue weighted by atomic mass is 16.5. The fourth-order valence-corrected chi connectivity index (χ4v) is 1.57. The van der Waals surface area contributed by atoms with Crippen molar-refractivity contribution in [1.82, 2.24) is 0 Å². The largest absolute Gasteiger partial charge is 0.508 e. The smallest absolute Gasteiger partial charge is 0.338 e. The summed E-state index contributed by atoms with van der Waals surface area (Å²) in [5.74, 6) is -0.925. The second-order valence-corrected chi connectivity index (χ2v) is 3.60. The lowest BCUT2D eigenvalue weighted by Gasteiger charge is -2.10. The SMILES string of the molecule is CCOC(=O)c1cccc(O)c1CCC(=O)OC. The molecule has 0 fully saturated rings. The first kappa shape index (κ1) is 14.0. The predicted molar refractivity (Wildman–Crippen MR) is 64.4 cm³/mol. The molecule has 0 aliphatic carbocycles. The Morgan fingerprint density at radius 1 is 1.33 bits per heavy atom. The normalized spacial score (nSPS) is 9.89. The van der Waals surface area contributed by atoms with Crippen molar-refractivity contribution in [2.45, 2.75) is 19.8 Å². The number of esters is 2. The maximum Gasteiger partial charge on any atom is 0.338 e. The predicted octanol–water partition coefficient (Wildman–Crippen LogP) is 1.67. The number of rotatable bonds is 5. The molecule has 0 aliphatic rings. The molecule has 1 aromatic rings. The van der Waals surface area contributed by atoms with Crippen LogP contribution in [0.15, 0.2) is 18.2 Å². The van der Waals surface area contributed by atoms with Crippen LogP contribution >= 0.6 is 0 Å². The van der Waals surface area contributed by atoms with Crippen molar-refractivity contribution >= 4 is 11.9 Å². The summed E-state index contributed by atoms with van der Waals surface area (Å²) >= 11 is 0. The molecule has 1 rings (SSSR count). The highest BCUT2D eigenvalue weighted by Crippen LogP contribution is 2.23. The van der Waals surface area contributed by atoms with Gasteiger partial charge in [-0.15, -0.1) is 0 Å². The van der Waals surface area contributed by atoms with Gasteiger partial charge in [-0.1, -0.05) is 6.07 Å². The Morgan fingerprint density at radius 3 is 2.67 bits per heavy atom. The number of carbonyl (C=O) groups is 2. The Morgan fingerprint density at radius 2 is 2.06 bits per heavy atom. The number of hydrogen-bond donors (Lipinski definition) is 1. The standard InChI is InChI=1S/C13H16O5/c1-3-18-13(16)10-5-4-6-11(14)9(10)7-8-12(15)17-2/h4-6,14H,3,7-8H2,1-2H3. The zero-order chi connectivity index (χ0) is 13.5. The fraction of sp³-hybridized carbons (Fsp3) is 0.385. The van der Waals surface area contributed by atoms with Crippen LogP contribution in [0.1, 0.15) is 29.3 Å². The average molecular weight is 252 g/mol. The molecule has 0 spiro atoms. The number of hydrogen-bond acceptors (Lipinski definition) is 5. The van der Waals surface area contributed by atoms with Gasteiger partial charge in [0, 0.05) is 12.0 Å². The van der Waals surface area contributed by atoms with Gasteiger partial charge in [-0.3, -0.25) is 4.79 Å². The molecule has 0 saturated carbocycles. The van der Waals surface area contributed by atoms with Crippen LogP contribution in [-0.2, 0) is 20.7 Å². The van der Waals surface area contributed by atoms with Crippen LogP contribution in [0.2, 0.25) is 0 Å². The Bertz CT molecular complexity index is 439. The van der Waals surface area contributed by atoms with Crippen LogP contribution in [0.25, 0.3) is 0 Å². The van der Waals surface area contributed by atoms with Crippen LogP contribution in [0.5, 0.6) is 5.75 Å². The van der Waals surface area contributed by atoms with Crippen molar-refractivity contribution in [2.75, 3.05) is 13.7 Å². The summed E-state index contributed by atoms with van der Waals surface area (Å²) in [7, 11) is 1.29. The van der Waals surface area contributed by atoms with Gasteiger partial charge in [-0.05, 0) is 25.5 Å². The number of phenols is 1. The first-order chi connectivity index (χ1) is 8.60. The minimum absolute atomic E-state index is 0.0237. The Hall–Kier alpha value is -2.04. The van der Waals surface area contributed by atoms with Crippen LogP contribution in [0, 0.1) is 0 Å². The van der Waals surface area contributed by atoms with Gasteiger partial charge < -0.3 is 14.6 Å². The van der Waals surface area contributed by atoms with E-state index in [9.17, 15) is 14.7 Å². The maximum absolute atomic E-state index is 11.7. The molecule has 1 N–H and O–H groups in total. The van der Waals surface area contributed by atoms with Gasteiger partial charge >= 0.3 is 11.9 Å². The molecular formula is C13H16O5. The van der Waals surface area contributed by atoms with E-state index in [1.54, 1.807) is 19.1 Å². The van der Waals surface area contributed by atoms with Gasteiger partial charge in [-0.25, -0.2) is 4.79 Å². The van der Waals surface area contributed by atoms with Gasteiger partial charge in [-0.2, -0.15) is 0 Å². The average Bonchev–Trinajstić information content (AvgIpc) is 2.36. The lowest BCUT2D eigenvalue weighted by atomic mass is 10.0. The molecule has 0 unspecified atom stereocenters. The summed E-state index contributed by atoms with van der Waals surface area (Å²) in [5, 5.41) is 9.73. The molecule has 0 amide bonds. The fourth-order valence-electron chi connectivity index (χ4n) is 1.57. The highest BCUT2D eigenvalue weighted by molar-refractivity contribution is 5.92. The monoisotopic (exact) mass is 252 g/mol. The maximum atomic E-state index is 11.7. The van der Waals surface area contributed by atoms with Crippen LogP contribution < -0.4 is 0 Å². The quantitative estimate of drug-likeness (QED) is 0.807. The van der Waals surface area contributed by atoms with E-state index in [4.69, 9.17) is 4.74 Å². The molecule has 18 heavy (non-hydrogen) atoms. The number of aromatic hydroxyl groups is 1. The summed E-state index contributed by atoms with van der Waals surface area (Å²) in [6.07, 6.45) is 0.327. The summed E-state index contributed by atoms with van der Waals surface area (Å²) < 4.78 is 9.41. The summed E-state index contributed by atoms with van der Waals surface area (Å²) in [4.78, 5) is 22.8. The van der Waals surface area contributed by atoms with Crippen LogP contribution in [-0.4, -0.2) is 30.8 Å².